The molecule has 3 rings (SSSR count). The zero-order valence-corrected chi connectivity index (χ0v) is 16.4. The fourth-order valence-corrected chi connectivity index (χ4v) is 3.53. The van der Waals surface area contributed by atoms with Crippen molar-refractivity contribution in [2.24, 2.45) is 5.92 Å². The zero-order valence-electron chi connectivity index (χ0n) is 16.4. The highest BCUT2D eigenvalue weighted by molar-refractivity contribution is 6.01. The second-order valence-corrected chi connectivity index (χ2v) is 7.14. The Kier molecular flexibility index (Phi) is 6.97. The van der Waals surface area contributed by atoms with Gasteiger partial charge in [-0.15, -0.1) is 0 Å². The fourth-order valence-electron chi connectivity index (χ4n) is 3.53. The number of para-hydroxylation sites is 2. The highest BCUT2D eigenvalue weighted by Gasteiger charge is 2.28. The third-order valence-electron chi connectivity index (χ3n) is 5.12. The lowest BCUT2D eigenvalue weighted by molar-refractivity contribution is -0.897. The maximum Gasteiger partial charge on any atom is 0.339 e. The molecule has 1 saturated heterocycles. The summed E-state index contributed by atoms with van der Waals surface area (Å²) in [6.07, 6.45) is 1.47. The molecule has 7 nitrogen and oxygen atoms in total. The number of piperidine rings is 1. The fraction of sp³-hybridized carbons (Fsp3) is 0.318. The van der Waals surface area contributed by atoms with Crippen molar-refractivity contribution in [3.63, 3.8) is 0 Å². The Hall–Kier alpha value is -3.19. The molecule has 0 bridgehead atoms. The molecule has 0 saturated carbocycles. The van der Waals surface area contributed by atoms with Gasteiger partial charge in [0.2, 0.25) is 5.91 Å². The summed E-state index contributed by atoms with van der Waals surface area (Å²) in [7, 11) is 1.31. The van der Waals surface area contributed by atoms with Crippen LogP contribution in [0, 0.1) is 5.92 Å². The van der Waals surface area contributed by atoms with Gasteiger partial charge in [0.1, 0.15) is 0 Å². The van der Waals surface area contributed by atoms with E-state index in [0.29, 0.717) is 17.8 Å². The van der Waals surface area contributed by atoms with Crippen LogP contribution in [0.4, 0.5) is 11.4 Å². The molecule has 7 heteroatoms. The first-order valence-electron chi connectivity index (χ1n) is 9.73. The van der Waals surface area contributed by atoms with E-state index in [2.05, 4.69) is 10.6 Å². The quantitative estimate of drug-likeness (QED) is 0.643. The Morgan fingerprint density at radius 3 is 2.31 bits per heavy atom. The van der Waals surface area contributed by atoms with Gasteiger partial charge >= 0.3 is 5.97 Å². The molecule has 0 atom stereocenters. The first-order valence-corrected chi connectivity index (χ1v) is 9.73. The molecule has 1 fully saturated rings. The Morgan fingerprint density at radius 2 is 1.62 bits per heavy atom. The van der Waals surface area contributed by atoms with E-state index in [1.54, 1.807) is 24.3 Å². The van der Waals surface area contributed by atoms with Gasteiger partial charge in [0, 0.05) is 24.4 Å². The number of likely N-dealkylation sites (tertiary alicyclic amines) is 1. The average Bonchev–Trinajstić information content (AvgIpc) is 2.74. The lowest BCUT2D eigenvalue weighted by Gasteiger charge is -2.28. The van der Waals surface area contributed by atoms with E-state index in [9.17, 15) is 14.4 Å². The van der Waals surface area contributed by atoms with Crippen LogP contribution in [0.2, 0.25) is 0 Å². The van der Waals surface area contributed by atoms with E-state index in [4.69, 9.17) is 4.74 Å². The number of esters is 1. The highest BCUT2D eigenvalue weighted by atomic mass is 16.5. The van der Waals surface area contributed by atoms with Crippen molar-refractivity contribution < 1.29 is 24.0 Å². The number of methoxy groups -OCH3 is 1. The standard InChI is InChI=1S/C22H25N3O4/c1-29-22(28)18-9-5-6-10-19(18)24-20(26)15-25-13-11-16(12-14-25)21(27)23-17-7-3-2-4-8-17/h2-10,16H,11-15H2,1H3,(H,23,27)(H,24,26)/p+1. The third-order valence-corrected chi connectivity index (χ3v) is 5.12. The topological polar surface area (TPSA) is 88.9 Å². The van der Waals surface area contributed by atoms with E-state index >= 15 is 0 Å². The van der Waals surface area contributed by atoms with Crippen LogP contribution in [0.5, 0.6) is 0 Å². The molecule has 1 aliphatic heterocycles. The number of ether oxygens (including phenoxy) is 1. The van der Waals surface area contributed by atoms with Gasteiger partial charge in [-0.2, -0.15) is 0 Å². The smallest absolute Gasteiger partial charge is 0.339 e. The molecule has 2 aromatic carbocycles. The third kappa shape index (κ3) is 5.65. The van der Waals surface area contributed by atoms with Gasteiger partial charge in [-0.1, -0.05) is 30.3 Å². The van der Waals surface area contributed by atoms with Gasteiger partial charge in [0.15, 0.2) is 6.54 Å². The molecule has 1 heterocycles. The van der Waals surface area contributed by atoms with Crippen LogP contribution in [0.1, 0.15) is 23.2 Å². The predicted molar refractivity (Wildman–Crippen MR) is 110 cm³/mol. The second-order valence-electron chi connectivity index (χ2n) is 7.14. The Balaban J connectivity index is 1.48. The lowest BCUT2D eigenvalue weighted by atomic mass is 9.96. The molecule has 0 radical (unpaired) electrons. The molecule has 0 aromatic heterocycles. The number of hydrogen-bond donors (Lipinski definition) is 3. The van der Waals surface area contributed by atoms with Crippen molar-refractivity contribution in [3.8, 4) is 0 Å². The molecule has 29 heavy (non-hydrogen) atoms. The number of rotatable bonds is 6. The SMILES string of the molecule is COC(=O)c1ccccc1NC(=O)C[NH+]1CCC(C(=O)Nc2ccccc2)CC1. The van der Waals surface area contributed by atoms with E-state index in [1.165, 1.54) is 7.11 Å². The summed E-state index contributed by atoms with van der Waals surface area (Å²) < 4.78 is 4.75. The minimum absolute atomic E-state index is 0.0340. The predicted octanol–water partition coefficient (Wildman–Crippen LogP) is 1.35. The number of benzene rings is 2. The van der Waals surface area contributed by atoms with E-state index in [1.807, 2.05) is 30.3 Å². The van der Waals surface area contributed by atoms with Crippen molar-refractivity contribution in [1.29, 1.82) is 0 Å². The molecular weight excluding hydrogens is 370 g/mol. The van der Waals surface area contributed by atoms with Crippen LogP contribution in [0.15, 0.2) is 54.6 Å². The molecule has 152 valence electrons. The summed E-state index contributed by atoms with van der Waals surface area (Å²) in [5.41, 5.74) is 1.58. The van der Waals surface area contributed by atoms with Crippen molar-refractivity contribution in [2.45, 2.75) is 12.8 Å². The zero-order chi connectivity index (χ0) is 20.6. The van der Waals surface area contributed by atoms with Gasteiger partial charge in [0.05, 0.1) is 31.5 Å². The van der Waals surface area contributed by atoms with Crippen LogP contribution < -0.4 is 15.5 Å². The van der Waals surface area contributed by atoms with Crippen LogP contribution in [-0.2, 0) is 14.3 Å². The first kappa shape index (κ1) is 20.5. The van der Waals surface area contributed by atoms with Gasteiger partial charge in [-0.25, -0.2) is 4.79 Å². The van der Waals surface area contributed by atoms with E-state index in [-0.39, 0.29) is 17.7 Å². The number of hydrogen-bond acceptors (Lipinski definition) is 4. The number of nitrogens with one attached hydrogen (secondary N) is 3. The molecule has 0 aliphatic carbocycles. The first-order chi connectivity index (χ1) is 14.1. The molecule has 1 aliphatic rings. The van der Waals surface area contributed by atoms with Gasteiger partial charge in [-0.05, 0) is 24.3 Å². The average molecular weight is 396 g/mol. The van der Waals surface area contributed by atoms with Crippen LogP contribution in [-0.4, -0.2) is 44.5 Å². The number of amides is 2. The van der Waals surface area contributed by atoms with Gasteiger partial charge in [-0.3, -0.25) is 9.59 Å². The maximum absolute atomic E-state index is 12.4. The van der Waals surface area contributed by atoms with Crippen molar-refractivity contribution in [1.82, 2.24) is 0 Å². The minimum atomic E-state index is -0.488. The monoisotopic (exact) mass is 396 g/mol. The van der Waals surface area contributed by atoms with Crippen LogP contribution in [0.3, 0.4) is 0 Å². The number of anilines is 2. The summed E-state index contributed by atoms with van der Waals surface area (Å²) in [6, 6.07) is 16.2. The summed E-state index contributed by atoms with van der Waals surface area (Å²) in [4.78, 5) is 37.8. The van der Waals surface area contributed by atoms with Crippen molar-refractivity contribution >= 4 is 29.2 Å². The summed E-state index contributed by atoms with van der Waals surface area (Å²) >= 11 is 0. The second kappa shape index (κ2) is 9.84. The van der Waals surface area contributed by atoms with Gasteiger partial charge < -0.3 is 20.3 Å². The van der Waals surface area contributed by atoms with Crippen LogP contribution >= 0.6 is 0 Å². The van der Waals surface area contributed by atoms with E-state index < -0.39 is 5.97 Å². The molecule has 2 aromatic rings. The van der Waals surface area contributed by atoms with E-state index in [0.717, 1.165) is 36.5 Å². The number of quaternary nitrogens is 1. The van der Waals surface area contributed by atoms with Crippen LogP contribution in [0.25, 0.3) is 0 Å². The lowest BCUT2D eigenvalue weighted by Crippen LogP contribution is -3.14. The number of carbonyl (C=O) groups is 3. The minimum Gasteiger partial charge on any atom is -0.465 e. The Labute approximate surface area is 170 Å². The largest absolute Gasteiger partial charge is 0.465 e. The Bertz CT molecular complexity index is 861. The molecule has 0 spiro atoms. The molecule has 3 N–H and O–H groups in total. The number of carbonyl (C=O) groups excluding carboxylic acids is 3. The molecular formula is C22H26N3O4+. The summed E-state index contributed by atoms with van der Waals surface area (Å²) in [5, 5.41) is 5.75. The van der Waals surface area contributed by atoms with Crippen molar-refractivity contribution in [3.05, 3.63) is 60.2 Å². The normalized spacial score (nSPS) is 18.5. The molecule has 0 unspecified atom stereocenters. The van der Waals surface area contributed by atoms with Gasteiger partial charge in [0.25, 0.3) is 5.91 Å². The summed E-state index contributed by atoms with van der Waals surface area (Å²) in [6.45, 7) is 1.79. The Morgan fingerprint density at radius 1 is 0.966 bits per heavy atom. The maximum atomic E-state index is 12.4. The summed E-state index contributed by atoms with van der Waals surface area (Å²) in [5.74, 6) is -0.657. The molecule has 2 amide bonds. The van der Waals surface area contributed by atoms with Crippen molar-refractivity contribution in [2.75, 3.05) is 37.4 Å². The highest BCUT2D eigenvalue weighted by Crippen LogP contribution is 2.16.